The van der Waals surface area contributed by atoms with Crippen molar-refractivity contribution in [2.45, 2.75) is 32.8 Å². The second kappa shape index (κ2) is 8.72. The Hall–Kier alpha value is -2.53. The van der Waals surface area contributed by atoms with Gasteiger partial charge >= 0.3 is 0 Å². The summed E-state index contributed by atoms with van der Waals surface area (Å²) in [6.07, 6.45) is 0.860. The summed E-state index contributed by atoms with van der Waals surface area (Å²) < 4.78 is 5.77. The Morgan fingerprint density at radius 1 is 1.12 bits per heavy atom. The molecule has 2 amide bonds. The van der Waals surface area contributed by atoms with Crippen molar-refractivity contribution in [1.82, 2.24) is 5.32 Å². The quantitative estimate of drug-likeness (QED) is 0.760. The summed E-state index contributed by atoms with van der Waals surface area (Å²) in [5.41, 5.74) is -0.0755. The number of rotatable bonds is 7. The van der Waals surface area contributed by atoms with E-state index in [-0.39, 0.29) is 11.8 Å². The van der Waals surface area contributed by atoms with Crippen LogP contribution in [0.15, 0.2) is 48.5 Å². The molecule has 0 aliphatic carbocycles. The third kappa shape index (κ3) is 5.49. The van der Waals surface area contributed by atoms with Crippen LogP contribution in [-0.4, -0.2) is 24.0 Å². The summed E-state index contributed by atoms with van der Waals surface area (Å²) in [5.74, 6) is 0.0560. The number of anilines is 1. The van der Waals surface area contributed by atoms with Gasteiger partial charge in [-0.15, -0.1) is 0 Å². The molecule has 6 heteroatoms. The van der Waals surface area contributed by atoms with Crippen LogP contribution in [0.1, 0.15) is 37.6 Å². The average molecular weight is 375 g/mol. The monoisotopic (exact) mass is 374 g/mol. The molecule has 0 aliphatic heterocycles. The zero-order valence-electron chi connectivity index (χ0n) is 15.1. The highest BCUT2D eigenvalue weighted by Gasteiger charge is 2.30. The Bertz CT molecular complexity index is 773. The van der Waals surface area contributed by atoms with E-state index in [0.29, 0.717) is 28.6 Å². The molecular formula is C20H23ClN2O3. The number of carbonyl (C=O) groups is 2. The van der Waals surface area contributed by atoms with Gasteiger partial charge in [-0.3, -0.25) is 9.59 Å². The van der Waals surface area contributed by atoms with Gasteiger partial charge in [0.1, 0.15) is 5.75 Å². The van der Waals surface area contributed by atoms with Crippen LogP contribution in [0, 0.1) is 0 Å². The topological polar surface area (TPSA) is 67.4 Å². The maximum Gasteiger partial charge on any atom is 0.267 e. The second-order valence-corrected chi connectivity index (χ2v) is 6.79. The molecule has 2 aromatic carbocycles. The Labute approximate surface area is 158 Å². The number of benzene rings is 2. The number of ether oxygens (including phenoxy) is 1. The van der Waals surface area contributed by atoms with Crippen molar-refractivity contribution in [1.29, 1.82) is 0 Å². The van der Waals surface area contributed by atoms with E-state index in [9.17, 15) is 9.59 Å². The molecule has 2 N–H and O–H groups in total. The highest BCUT2D eigenvalue weighted by atomic mass is 35.5. The summed E-state index contributed by atoms with van der Waals surface area (Å²) in [7, 11) is 0. The minimum Gasteiger partial charge on any atom is -0.478 e. The number of nitrogens with one attached hydrogen (secondary N) is 2. The van der Waals surface area contributed by atoms with Gasteiger partial charge in [-0.1, -0.05) is 24.6 Å². The van der Waals surface area contributed by atoms with Gasteiger partial charge in [0.25, 0.3) is 11.8 Å². The molecule has 0 fully saturated rings. The molecule has 0 saturated heterocycles. The smallest absolute Gasteiger partial charge is 0.267 e. The van der Waals surface area contributed by atoms with Crippen molar-refractivity contribution in [2.75, 3.05) is 11.9 Å². The zero-order valence-corrected chi connectivity index (χ0v) is 15.9. The molecule has 0 aliphatic rings. The lowest BCUT2D eigenvalue weighted by molar-refractivity contribution is -0.128. The molecule has 26 heavy (non-hydrogen) atoms. The summed E-state index contributed by atoms with van der Waals surface area (Å²) in [6.45, 7) is 5.95. The fourth-order valence-electron chi connectivity index (χ4n) is 2.20. The lowest BCUT2D eigenvalue weighted by Gasteiger charge is -2.25. The summed E-state index contributed by atoms with van der Waals surface area (Å²) >= 11 is 5.86. The Morgan fingerprint density at radius 2 is 1.81 bits per heavy atom. The van der Waals surface area contributed by atoms with Gasteiger partial charge in [0, 0.05) is 22.8 Å². The van der Waals surface area contributed by atoms with Crippen LogP contribution in [0.25, 0.3) is 0 Å². The Kier molecular flexibility index (Phi) is 6.64. The van der Waals surface area contributed by atoms with E-state index in [1.54, 1.807) is 62.4 Å². The SMILES string of the molecule is CCCNC(=O)c1cccc(NC(=O)C(C)(C)Oc2ccc(Cl)cc2)c1. The van der Waals surface area contributed by atoms with Gasteiger partial charge in [0.2, 0.25) is 0 Å². The molecule has 0 spiro atoms. The van der Waals surface area contributed by atoms with Crippen molar-refractivity contribution in [2.24, 2.45) is 0 Å². The maximum atomic E-state index is 12.6. The molecule has 2 aromatic rings. The normalized spacial score (nSPS) is 10.9. The molecule has 138 valence electrons. The second-order valence-electron chi connectivity index (χ2n) is 6.36. The summed E-state index contributed by atoms with van der Waals surface area (Å²) in [6, 6.07) is 13.6. The van der Waals surface area contributed by atoms with E-state index in [1.165, 1.54) is 0 Å². The fraction of sp³-hybridized carbons (Fsp3) is 0.300. The first kappa shape index (κ1) is 19.8. The predicted molar refractivity (Wildman–Crippen MR) is 104 cm³/mol. The van der Waals surface area contributed by atoms with Gasteiger partial charge < -0.3 is 15.4 Å². The van der Waals surface area contributed by atoms with Crippen molar-refractivity contribution in [3.63, 3.8) is 0 Å². The maximum absolute atomic E-state index is 12.6. The van der Waals surface area contributed by atoms with Gasteiger partial charge in [-0.2, -0.15) is 0 Å². The van der Waals surface area contributed by atoms with Crippen molar-refractivity contribution in [3.8, 4) is 5.75 Å². The van der Waals surface area contributed by atoms with Crippen LogP contribution in [0.4, 0.5) is 5.69 Å². The molecule has 2 rings (SSSR count). The highest BCUT2D eigenvalue weighted by Crippen LogP contribution is 2.22. The molecule has 0 aromatic heterocycles. The van der Waals surface area contributed by atoms with E-state index < -0.39 is 5.60 Å². The molecule has 0 bridgehead atoms. The Balaban J connectivity index is 2.05. The predicted octanol–water partition coefficient (Wildman–Crippen LogP) is 4.28. The lowest BCUT2D eigenvalue weighted by atomic mass is 10.1. The average Bonchev–Trinajstić information content (AvgIpc) is 2.61. The molecule has 0 saturated carbocycles. The van der Waals surface area contributed by atoms with Gasteiger partial charge in [0.05, 0.1) is 0 Å². The van der Waals surface area contributed by atoms with Crippen LogP contribution < -0.4 is 15.4 Å². The zero-order chi connectivity index (χ0) is 19.2. The van der Waals surface area contributed by atoms with Crippen LogP contribution in [0.2, 0.25) is 5.02 Å². The summed E-state index contributed by atoms with van der Waals surface area (Å²) in [4.78, 5) is 24.6. The minimum absolute atomic E-state index is 0.167. The van der Waals surface area contributed by atoms with Crippen LogP contribution in [-0.2, 0) is 4.79 Å². The van der Waals surface area contributed by atoms with Gasteiger partial charge in [0.15, 0.2) is 5.60 Å². The first-order chi connectivity index (χ1) is 12.3. The molecule has 0 unspecified atom stereocenters. The van der Waals surface area contributed by atoms with E-state index in [1.807, 2.05) is 6.92 Å². The largest absolute Gasteiger partial charge is 0.478 e. The van der Waals surface area contributed by atoms with Crippen LogP contribution >= 0.6 is 11.6 Å². The molecule has 0 radical (unpaired) electrons. The molecule has 0 atom stereocenters. The number of halogens is 1. The van der Waals surface area contributed by atoms with Crippen LogP contribution in [0.5, 0.6) is 5.75 Å². The van der Waals surface area contributed by atoms with Crippen molar-refractivity contribution >= 4 is 29.1 Å². The highest BCUT2D eigenvalue weighted by molar-refractivity contribution is 6.30. The lowest BCUT2D eigenvalue weighted by Crippen LogP contribution is -2.42. The first-order valence-electron chi connectivity index (χ1n) is 8.46. The number of hydrogen-bond donors (Lipinski definition) is 2. The van der Waals surface area contributed by atoms with E-state index in [2.05, 4.69) is 10.6 Å². The van der Waals surface area contributed by atoms with Crippen molar-refractivity contribution < 1.29 is 14.3 Å². The number of hydrogen-bond acceptors (Lipinski definition) is 3. The third-order valence-electron chi connectivity index (χ3n) is 3.65. The minimum atomic E-state index is -1.10. The fourth-order valence-corrected chi connectivity index (χ4v) is 2.33. The third-order valence-corrected chi connectivity index (χ3v) is 3.90. The van der Waals surface area contributed by atoms with E-state index in [4.69, 9.17) is 16.3 Å². The van der Waals surface area contributed by atoms with Crippen molar-refractivity contribution in [3.05, 3.63) is 59.1 Å². The van der Waals surface area contributed by atoms with Gasteiger partial charge in [-0.25, -0.2) is 0 Å². The van der Waals surface area contributed by atoms with Crippen LogP contribution in [0.3, 0.4) is 0 Å². The van der Waals surface area contributed by atoms with E-state index in [0.717, 1.165) is 6.42 Å². The Morgan fingerprint density at radius 3 is 2.46 bits per heavy atom. The molecule has 5 nitrogen and oxygen atoms in total. The number of amides is 2. The van der Waals surface area contributed by atoms with E-state index >= 15 is 0 Å². The number of carbonyl (C=O) groups excluding carboxylic acids is 2. The summed E-state index contributed by atoms with van der Waals surface area (Å²) in [5, 5.41) is 6.20. The first-order valence-corrected chi connectivity index (χ1v) is 8.84. The van der Waals surface area contributed by atoms with Gasteiger partial charge in [-0.05, 0) is 62.7 Å². The molecular weight excluding hydrogens is 352 g/mol. The molecule has 0 heterocycles. The standard InChI is InChI=1S/C20H23ClN2O3/c1-4-12-22-18(24)14-6-5-7-16(13-14)23-19(25)20(2,3)26-17-10-8-15(21)9-11-17/h5-11,13H,4,12H2,1-3H3,(H,22,24)(H,23,25).